The van der Waals surface area contributed by atoms with Gasteiger partial charge in [0.2, 0.25) is 0 Å². The van der Waals surface area contributed by atoms with Crippen molar-refractivity contribution in [3.8, 4) is 0 Å². The summed E-state index contributed by atoms with van der Waals surface area (Å²) in [5.41, 5.74) is 1.47. The fourth-order valence-electron chi connectivity index (χ4n) is 1.85. The summed E-state index contributed by atoms with van der Waals surface area (Å²) >= 11 is 0. The molecule has 1 N–H and O–H groups in total. The number of carboxylic acid groups (broad SMARTS) is 1. The molecule has 0 fully saturated rings. The van der Waals surface area contributed by atoms with Crippen LogP contribution in [0.3, 0.4) is 0 Å². The van der Waals surface area contributed by atoms with Gasteiger partial charge in [0.1, 0.15) is 5.76 Å². The maximum atomic E-state index is 11.3. The van der Waals surface area contributed by atoms with Gasteiger partial charge in [0.15, 0.2) is 0 Å². The second-order valence-electron chi connectivity index (χ2n) is 3.40. The van der Waals surface area contributed by atoms with Crippen LogP contribution in [0.15, 0.2) is 23.0 Å². The van der Waals surface area contributed by atoms with Crippen LogP contribution in [0.4, 0.5) is 0 Å². The first kappa shape index (κ1) is 8.99. The summed E-state index contributed by atoms with van der Waals surface area (Å²) in [4.78, 5) is 21.7. The van der Waals surface area contributed by atoms with E-state index in [-0.39, 0.29) is 11.7 Å². The molecule has 14 heavy (non-hydrogen) atoms. The van der Waals surface area contributed by atoms with E-state index in [9.17, 15) is 9.59 Å². The molecular weight excluding hydrogens is 184 g/mol. The smallest absolute Gasteiger partial charge is 0.339 e. The Morgan fingerprint density at radius 3 is 2.57 bits per heavy atom. The second kappa shape index (κ2) is 3.29. The van der Waals surface area contributed by atoms with Gasteiger partial charge >= 0.3 is 11.9 Å². The second-order valence-corrected chi connectivity index (χ2v) is 3.40. The quantitative estimate of drug-likeness (QED) is 0.506. The predicted molar refractivity (Wildman–Crippen MR) is 47.3 cm³/mol. The fraction of sp³-hybridized carbons (Fsp3) is 0.400. The minimum absolute atomic E-state index is 0.234. The Morgan fingerprint density at radius 2 is 1.93 bits per heavy atom. The van der Waals surface area contributed by atoms with Gasteiger partial charge in [-0.2, -0.15) is 0 Å². The van der Waals surface area contributed by atoms with Crippen LogP contribution >= 0.6 is 0 Å². The van der Waals surface area contributed by atoms with E-state index in [1.54, 1.807) is 0 Å². The Balaban J connectivity index is 2.36. The van der Waals surface area contributed by atoms with E-state index in [4.69, 9.17) is 9.84 Å². The monoisotopic (exact) mass is 194 g/mol. The standard InChI is InChI=1S/C10H10O4/c11-9(12)5-8-6-3-1-2-4-7(6)10(13)14-8/h5H,1-4H2,(H,11,12)/b8-5-. The molecule has 0 aromatic rings. The van der Waals surface area contributed by atoms with Crippen molar-refractivity contribution in [3.05, 3.63) is 23.0 Å². The lowest BCUT2D eigenvalue weighted by atomic mass is 9.92. The molecule has 0 atom stereocenters. The molecule has 0 amide bonds. The zero-order chi connectivity index (χ0) is 10.1. The van der Waals surface area contributed by atoms with Crippen LogP contribution in [-0.4, -0.2) is 17.0 Å². The van der Waals surface area contributed by atoms with Crippen LogP contribution in [0.2, 0.25) is 0 Å². The number of hydrogen-bond donors (Lipinski definition) is 1. The summed E-state index contributed by atoms with van der Waals surface area (Å²) in [6.07, 6.45) is 4.40. The SMILES string of the molecule is O=C(O)/C=C1\OC(=O)C2=C1CCCC2. The Labute approximate surface area is 80.9 Å². The van der Waals surface area contributed by atoms with Gasteiger partial charge < -0.3 is 9.84 Å². The van der Waals surface area contributed by atoms with Gasteiger partial charge in [-0.15, -0.1) is 0 Å². The highest BCUT2D eigenvalue weighted by atomic mass is 16.5. The van der Waals surface area contributed by atoms with Crippen molar-refractivity contribution >= 4 is 11.9 Å². The number of carbonyl (C=O) groups is 2. The zero-order valence-corrected chi connectivity index (χ0v) is 7.58. The van der Waals surface area contributed by atoms with Crippen LogP contribution in [0.25, 0.3) is 0 Å². The van der Waals surface area contributed by atoms with Crippen LogP contribution in [0, 0.1) is 0 Å². The highest BCUT2D eigenvalue weighted by molar-refractivity contribution is 5.96. The van der Waals surface area contributed by atoms with E-state index in [1.165, 1.54) is 0 Å². The van der Waals surface area contributed by atoms with Gasteiger partial charge in [-0.1, -0.05) is 0 Å². The lowest BCUT2D eigenvalue weighted by Gasteiger charge is -2.09. The molecule has 0 saturated heterocycles. The van der Waals surface area contributed by atoms with Crippen molar-refractivity contribution in [2.24, 2.45) is 0 Å². The highest BCUT2D eigenvalue weighted by Crippen LogP contribution is 2.36. The van der Waals surface area contributed by atoms with Gasteiger partial charge in [0.25, 0.3) is 0 Å². The molecule has 1 aliphatic carbocycles. The lowest BCUT2D eigenvalue weighted by Crippen LogP contribution is -2.01. The van der Waals surface area contributed by atoms with Crippen molar-refractivity contribution in [1.82, 2.24) is 0 Å². The molecule has 0 aromatic heterocycles. The van der Waals surface area contributed by atoms with E-state index < -0.39 is 5.97 Å². The number of aliphatic carboxylic acids is 1. The molecule has 0 aromatic carbocycles. The van der Waals surface area contributed by atoms with Crippen LogP contribution < -0.4 is 0 Å². The highest BCUT2D eigenvalue weighted by Gasteiger charge is 2.31. The minimum Gasteiger partial charge on any atom is -0.478 e. The molecule has 0 saturated carbocycles. The normalized spacial score (nSPS) is 23.7. The average molecular weight is 194 g/mol. The topological polar surface area (TPSA) is 63.6 Å². The molecule has 4 nitrogen and oxygen atoms in total. The lowest BCUT2D eigenvalue weighted by molar-refractivity contribution is -0.133. The molecular formula is C10H10O4. The summed E-state index contributed by atoms with van der Waals surface area (Å²) in [6, 6.07) is 0. The molecule has 2 rings (SSSR count). The number of carbonyl (C=O) groups excluding carboxylic acids is 1. The van der Waals surface area contributed by atoms with Gasteiger partial charge in [-0.05, 0) is 25.7 Å². The van der Waals surface area contributed by atoms with Crippen molar-refractivity contribution < 1.29 is 19.4 Å². The summed E-state index contributed by atoms with van der Waals surface area (Å²) in [6.45, 7) is 0. The molecule has 74 valence electrons. The van der Waals surface area contributed by atoms with Gasteiger partial charge in [-0.3, -0.25) is 0 Å². The Bertz CT molecular complexity index is 362. The zero-order valence-electron chi connectivity index (χ0n) is 7.58. The summed E-state index contributed by atoms with van der Waals surface area (Å²) in [7, 11) is 0. The van der Waals surface area contributed by atoms with Crippen LogP contribution in [0.1, 0.15) is 25.7 Å². The average Bonchev–Trinajstić information content (AvgIpc) is 2.44. The summed E-state index contributed by atoms with van der Waals surface area (Å²) < 4.78 is 4.89. The van der Waals surface area contributed by atoms with Gasteiger partial charge in [0, 0.05) is 11.1 Å². The molecule has 1 heterocycles. The van der Waals surface area contributed by atoms with E-state index in [0.717, 1.165) is 30.9 Å². The third kappa shape index (κ3) is 1.43. The van der Waals surface area contributed by atoms with Crippen LogP contribution in [0.5, 0.6) is 0 Å². The Kier molecular flexibility index (Phi) is 2.11. The largest absolute Gasteiger partial charge is 0.478 e. The van der Waals surface area contributed by atoms with E-state index in [2.05, 4.69) is 0 Å². The number of rotatable bonds is 1. The Morgan fingerprint density at radius 1 is 1.29 bits per heavy atom. The molecule has 0 unspecified atom stereocenters. The number of cyclic esters (lactones) is 1. The first-order chi connectivity index (χ1) is 6.68. The molecule has 2 aliphatic rings. The van der Waals surface area contributed by atoms with Gasteiger partial charge in [-0.25, -0.2) is 9.59 Å². The first-order valence-electron chi connectivity index (χ1n) is 4.57. The third-order valence-electron chi connectivity index (χ3n) is 2.47. The molecule has 1 aliphatic heterocycles. The van der Waals surface area contributed by atoms with Crippen LogP contribution in [-0.2, 0) is 14.3 Å². The summed E-state index contributed by atoms with van der Waals surface area (Å²) in [5, 5.41) is 8.56. The fourth-order valence-corrected chi connectivity index (χ4v) is 1.85. The first-order valence-corrected chi connectivity index (χ1v) is 4.57. The van der Waals surface area contributed by atoms with E-state index in [1.807, 2.05) is 0 Å². The number of ether oxygens (including phenoxy) is 1. The number of hydrogen-bond acceptors (Lipinski definition) is 3. The van der Waals surface area contributed by atoms with E-state index >= 15 is 0 Å². The molecule has 0 bridgehead atoms. The third-order valence-corrected chi connectivity index (χ3v) is 2.47. The number of esters is 1. The van der Waals surface area contributed by atoms with Crippen molar-refractivity contribution in [1.29, 1.82) is 0 Å². The Hall–Kier alpha value is -1.58. The maximum Gasteiger partial charge on any atom is 0.339 e. The van der Waals surface area contributed by atoms with Crippen molar-refractivity contribution in [2.75, 3.05) is 0 Å². The molecule has 0 radical (unpaired) electrons. The predicted octanol–water partition coefficient (Wildman–Crippen LogP) is 1.38. The molecule has 4 heteroatoms. The van der Waals surface area contributed by atoms with E-state index in [0.29, 0.717) is 12.0 Å². The summed E-state index contributed by atoms with van der Waals surface area (Å²) in [5.74, 6) is -1.21. The maximum absolute atomic E-state index is 11.3. The van der Waals surface area contributed by atoms with Crippen molar-refractivity contribution in [3.63, 3.8) is 0 Å². The number of carboxylic acids is 1. The van der Waals surface area contributed by atoms with Crippen molar-refractivity contribution in [2.45, 2.75) is 25.7 Å². The minimum atomic E-state index is -1.08. The molecule has 0 spiro atoms. The van der Waals surface area contributed by atoms with Gasteiger partial charge in [0.05, 0.1) is 6.08 Å². The number of allylic oxidation sites excluding steroid dienone is 1.